The second-order valence-electron chi connectivity index (χ2n) is 4.91. The van der Waals surface area contributed by atoms with Crippen molar-refractivity contribution in [2.24, 2.45) is 5.92 Å². The monoisotopic (exact) mass is 292 g/mol. The summed E-state index contributed by atoms with van der Waals surface area (Å²) in [6.45, 7) is 5.29. The summed E-state index contributed by atoms with van der Waals surface area (Å²) in [6.07, 6.45) is -0.365. The zero-order valence-corrected chi connectivity index (χ0v) is 12.2. The Morgan fingerprint density at radius 3 is 2.48 bits per heavy atom. The molecule has 112 valence electrons. The van der Waals surface area contributed by atoms with Gasteiger partial charge in [0.15, 0.2) is 5.78 Å². The Hall–Kier alpha value is -2.17. The summed E-state index contributed by atoms with van der Waals surface area (Å²) in [6, 6.07) is 5.45. The normalized spacial score (nSPS) is 22.0. The van der Waals surface area contributed by atoms with Gasteiger partial charge in [-0.05, 0) is 38.1 Å². The molecule has 0 bridgehead atoms. The first-order valence-corrected chi connectivity index (χ1v) is 6.84. The molecule has 0 saturated heterocycles. The van der Waals surface area contributed by atoms with Crippen LogP contribution in [0.1, 0.15) is 26.3 Å². The maximum Gasteiger partial charge on any atom is 0.345 e. The highest BCUT2D eigenvalue weighted by Crippen LogP contribution is 2.32. The number of esters is 1. The van der Waals surface area contributed by atoms with Crippen molar-refractivity contribution in [2.45, 2.75) is 26.9 Å². The summed E-state index contributed by atoms with van der Waals surface area (Å²) in [5.74, 6) is -1.70. The quantitative estimate of drug-likeness (QED) is 0.635. The van der Waals surface area contributed by atoms with Crippen molar-refractivity contribution < 1.29 is 23.5 Å². The lowest BCUT2D eigenvalue weighted by atomic mass is 9.89. The Morgan fingerprint density at radius 1 is 1.29 bits per heavy atom. The third-order valence-corrected chi connectivity index (χ3v) is 3.48. The first kappa shape index (κ1) is 15.2. The lowest BCUT2D eigenvalue weighted by molar-refractivity contribution is -0.141. The molecule has 1 aromatic rings. The molecule has 1 aromatic carbocycles. The molecular formula is C16H17FO4. The summed E-state index contributed by atoms with van der Waals surface area (Å²) in [5.41, 5.74) is 0.376. The molecule has 0 radical (unpaired) electrons. The van der Waals surface area contributed by atoms with Crippen LogP contribution in [0.25, 0.3) is 5.76 Å². The van der Waals surface area contributed by atoms with E-state index in [0.29, 0.717) is 5.56 Å². The average molecular weight is 292 g/mol. The van der Waals surface area contributed by atoms with Crippen molar-refractivity contribution in [2.75, 3.05) is 6.61 Å². The molecule has 0 N–H and O–H groups in total. The van der Waals surface area contributed by atoms with Crippen LogP contribution in [0, 0.1) is 11.7 Å². The second kappa shape index (κ2) is 6.08. The van der Waals surface area contributed by atoms with Crippen molar-refractivity contribution in [3.63, 3.8) is 0 Å². The molecule has 1 heterocycles. The van der Waals surface area contributed by atoms with E-state index >= 15 is 0 Å². The van der Waals surface area contributed by atoms with E-state index in [-0.39, 0.29) is 29.8 Å². The van der Waals surface area contributed by atoms with Crippen LogP contribution in [0.3, 0.4) is 0 Å². The smallest absolute Gasteiger partial charge is 0.345 e. The molecule has 5 heteroatoms. The molecule has 0 aliphatic carbocycles. The minimum Gasteiger partial charge on any atom is -0.488 e. The number of Topliss-reactive ketones (excluding diaryl/α,β-unsaturated/α-hetero) is 1. The second-order valence-corrected chi connectivity index (χ2v) is 4.91. The first-order chi connectivity index (χ1) is 9.95. The molecule has 0 spiro atoms. The number of rotatable bonds is 3. The van der Waals surface area contributed by atoms with Gasteiger partial charge in [0.05, 0.1) is 12.5 Å². The van der Waals surface area contributed by atoms with Crippen molar-refractivity contribution in [1.82, 2.24) is 0 Å². The van der Waals surface area contributed by atoms with Gasteiger partial charge in [0.1, 0.15) is 23.3 Å². The van der Waals surface area contributed by atoms with E-state index in [0.717, 1.165) is 0 Å². The summed E-state index contributed by atoms with van der Waals surface area (Å²) in [4.78, 5) is 24.4. The zero-order valence-electron chi connectivity index (χ0n) is 12.2. The minimum absolute atomic E-state index is 0.103. The summed E-state index contributed by atoms with van der Waals surface area (Å²) >= 11 is 0. The van der Waals surface area contributed by atoms with E-state index in [1.165, 1.54) is 24.3 Å². The number of halogens is 1. The van der Waals surface area contributed by atoms with Crippen molar-refractivity contribution >= 4 is 17.5 Å². The molecule has 0 aromatic heterocycles. The summed E-state index contributed by atoms with van der Waals surface area (Å²) in [7, 11) is 0. The van der Waals surface area contributed by atoms with Crippen LogP contribution in [0.5, 0.6) is 0 Å². The number of carbonyl (C=O) groups is 2. The highest BCUT2D eigenvalue weighted by molar-refractivity contribution is 6.23. The number of benzene rings is 1. The third-order valence-electron chi connectivity index (χ3n) is 3.48. The topological polar surface area (TPSA) is 52.6 Å². The van der Waals surface area contributed by atoms with Gasteiger partial charge in [0.2, 0.25) is 0 Å². The van der Waals surface area contributed by atoms with Gasteiger partial charge in [0.25, 0.3) is 0 Å². The fourth-order valence-corrected chi connectivity index (χ4v) is 2.11. The van der Waals surface area contributed by atoms with Crippen LogP contribution >= 0.6 is 0 Å². The highest BCUT2D eigenvalue weighted by atomic mass is 19.1. The largest absolute Gasteiger partial charge is 0.488 e. The fraction of sp³-hybridized carbons (Fsp3) is 0.375. The summed E-state index contributed by atoms with van der Waals surface area (Å²) in [5, 5.41) is 0. The minimum atomic E-state index is -0.708. The lowest BCUT2D eigenvalue weighted by Gasteiger charge is -2.29. The Balaban J connectivity index is 2.54. The Morgan fingerprint density at radius 2 is 1.90 bits per heavy atom. The van der Waals surface area contributed by atoms with Crippen LogP contribution < -0.4 is 0 Å². The Kier molecular flexibility index (Phi) is 4.40. The van der Waals surface area contributed by atoms with E-state index in [1.807, 2.05) is 0 Å². The van der Waals surface area contributed by atoms with E-state index < -0.39 is 17.7 Å². The third kappa shape index (κ3) is 2.96. The molecule has 0 fully saturated rings. The number of ether oxygens (including phenoxy) is 2. The molecule has 1 aliphatic rings. The number of ketones is 1. The zero-order chi connectivity index (χ0) is 15.6. The van der Waals surface area contributed by atoms with Gasteiger partial charge in [-0.15, -0.1) is 0 Å². The van der Waals surface area contributed by atoms with Gasteiger partial charge in [-0.25, -0.2) is 9.18 Å². The predicted octanol–water partition coefficient (Wildman–Crippen LogP) is 2.72. The molecule has 21 heavy (non-hydrogen) atoms. The Labute approximate surface area is 122 Å². The maximum absolute atomic E-state index is 13.0. The van der Waals surface area contributed by atoms with Crippen LogP contribution in [-0.4, -0.2) is 24.5 Å². The van der Waals surface area contributed by atoms with Crippen LogP contribution in [-0.2, 0) is 19.1 Å². The van der Waals surface area contributed by atoms with E-state index in [1.54, 1.807) is 20.8 Å². The van der Waals surface area contributed by atoms with Crippen molar-refractivity contribution in [1.29, 1.82) is 0 Å². The van der Waals surface area contributed by atoms with Crippen molar-refractivity contribution in [3.8, 4) is 0 Å². The van der Waals surface area contributed by atoms with Gasteiger partial charge in [0, 0.05) is 5.56 Å². The van der Waals surface area contributed by atoms with Crippen LogP contribution in [0.2, 0.25) is 0 Å². The lowest BCUT2D eigenvalue weighted by Crippen LogP contribution is -2.35. The fourth-order valence-electron chi connectivity index (χ4n) is 2.11. The SMILES string of the molecule is CCOC(=O)C1=C(c2ccc(F)cc2)OC(C)C(C)C1=O. The average Bonchev–Trinajstić information content (AvgIpc) is 2.45. The molecule has 0 amide bonds. The predicted molar refractivity (Wildman–Crippen MR) is 74.7 cm³/mol. The molecule has 2 atom stereocenters. The molecule has 2 unspecified atom stereocenters. The van der Waals surface area contributed by atoms with Crippen LogP contribution in [0.4, 0.5) is 4.39 Å². The van der Waals surface area contributed by atoms with E-state index in [9.17, 15) is 14.0 Å². The Bertz CT molecular complexity index is 589. The van der Waals surface area contributed by atoms with Gasteiger partial charge >= 0.3 is 5.97 Å². The van der Waals surface area contributed by atoms with E-state index in [4.69, 9.17) is 9.47 Å². The molecule has 2 rings (SSSR count). The molecular weight excluding hydrogens is 275 g/mol. The van der Waals surface area contributed by atoms with Gasteiger partial charge < -0.3 is 9.47 Å². The summed E-state index contributed by atoms with van der Waals surface area (Å²) < 4.78 is 23.7. The van der Waals surface area contributed by atoms with Gasteiger partial charge in [-0.3, -0.25) is 4.79 Å². The molecule has 0 saturated carbocycles. The van der Waals surface area contributed by atoms with Crippen molar-refractivity contribution in [3.05, 3.63) is 41.2 Å². The van der Waals surface area contributed by atoms with E-state index in [2.05, 4.69) is 0 Å². The van der Waals surface area contributed by atoms with Gasteiger partial charge in [-0.1, -0.05) is 6.92 Å². The highest BCUT2D eigenvalue weighted by Gasteiger charge is 2.38. The number of hydrogen-bond donors (Lipinski definition) is 0. The standard InChI is InChI=1S/C16H17FO4/c1-4-20-16(19)13-14(18)9(2)10(3)21-15(13)11-5-7-12(17)8-6-11/h5-10H,4H2,1-3H3. The molecule has 4 nitrogen and oxygen atoms in total. The number of carbonyl (C=O) groups excluding carboxylic acids is 2. The first-order valence-electron chi connectivity index (χ1n) is 6.84. The van der Waals surface area contributed by atoms with Crippen LogP contribution in [0.15, 0.2) is 29.8 Å². The maximum atomic E-state index is 13.0. The number of hydrogen-bond acceptors (Lipinski definition) is 4. The van der Waals surface area contributed by atoms with Gasteiger partial charge in [-0.2, -0.15) is 0 Å². The molecule has 1 aliphatic heterocycles.